The standard InChI is InChI=1S/C25H31ClN4O3S.C23H27ClN4O5S/c1-18-6-4-10-22(26)24(18)34(32,33)28-23(12-15-29-13-5-9-21(29)16-27)25(31)30-14-11-19-7-2-3-8-20(19)17-30;1-16-5-3-7-19(24)21(16)34(31,32)26-20(10-14-27-11-4-6-18(27)15-25)22(29)28-12-8-17(9-13-28)23(30)33-2/h4-6,9-10,13,19-20,23,28H,2-3,7-8,11-12,14-15,17H2,1H3;3-7,11,17,20,26H,8-10,12-14H2,1-2H3/t19-,20+,23?;/m1./s1. The predicted molar refractivity (Wildman–Crippen MR) is 256 cm³/mol. The van der Waals surface area contributed by atoms with E-state index in [2.05, 4.69) is 21.6 Å². The minimum atomic E-state index is -4.12. The third-order valence-electron chi connectivity index (χ3n) is 13.2. The van der Waals surface area contributed by atoms with E-state index in [1.165, 1.54) is 38.5 Å². The molecule has 2 saturated heterocycles. The molecule has 2 unspecified atom stereocenters. The normalized spacial score (nSPS) is 18.5. The Kier molecular flexibility index (Phi) is 17.9. The molecule has 20 heteroatoms. The van der Waals surface area contributed by atoms with E-state index in [-0.39, 0.29) is 62.9 Å². The number of hydrogen-bond donors (Lipinski definition) is 2. The Morgan fingerprint density at radius 3 is 1.59 bits per heavy atom. The van der Waals surface area contributed by atoms with Crippen molar-refractivity contribution >= 4 is 61.0 Å². The number of esters is 1. The first-order chi connectivity index (χ1) is 32.5. The van der Waals surface area contributed by atoms with Crippen LogP contribution in [0.2, 0.25) is 10.0 Å². The molecule has 68 heavy (non-hydrogen) atoms. The van der Waals surface area contributed by atoms with Crippen LogP contribution in [0, 0.1) is 54.3 Å². The molecule has 364 valence electrons. The van der Waals surface area contributed by atoms with Gasteiger partial charge in [0.2, 0.25) is 31.9 Å². The van der Waals surface area contributed by atoms with Gasteiger partial charge in [0.15, 0.2) is 0 Å². The average Bonchev–Trinajstić information content (AvgIpc) is 4.00. The number of rotatable bonds is 15. The highest BCUT2D eigenvalue weighted by Gasteiger charge is 2.38. The molecule has 1 saturated carbocycles. The van der Waals surface area contributed by atoms with E-state index in [0.717, 1.165) is 12.8 Å². The number of carbonyl (C=O) groups is 3. The van der Waals surface area contributed by atoms with Crippen LogP contribution in [0.25, 0.3) is 0 Å². The number of ether oxygens (including phenoxy) is 1. The van der Waals surface area contributed by atoms with E-state index >= 15 is 0 Å². The Balaban J connectivity index is 0.000000224. The van der Waals surface area contributed by atoms with Gasteiger partial charge in [0.05, 0.1) is 23.1 Å². The molecule has 2 aromatic heterocycles. The van der Waals surface area contributed by atoms with E-state index in [0.29, 0.717) is 79.9 Å². The summed E-state index contributed by atoms with van der Waals surface area (Å²) in [6.07, 6.45) is 10.5. The summed E-state index contributed by atoms with van der Waals surface area (Å²) in [4.78, 5) is 42.2. The van der Waals surface area contributed by atoms with E-state index in [1.807, 2.05) is 4.90 Å². The molecule has 0 spiro atoms. The molecule has 0 radical (unpaired) electrons. The van der Waals surface area contributed by atoms with E-state index in [4.69, 9.17) is 27.9 Å². The second-order valence-electron chi connectivity index (χ2n) is 17.6. The number of piperidine rings is 2. The molecule has 3 fully saturated rings. The number of hydrogen-bond acceptors (Lipinski definition) is 10. The molecule has 2 N–H and O–H groups in total. The van der Waals surface area contributed by atoms with Crippen LogP contribution in [-0.4, -0.2) is 98.9 Å². The fourth-order valence-electron chi connectivity index (χ4n) is 9.57. The first-order valence-corrected chi connectivity index (χ1v) is 26.5. The molecule has 4 heterocycles. The van der Waals surface area contributed by atoms with E-state index in [1.54, 1.807) is 88.8 Å². The number of aryl methyl sites for hydroxylation is 4. The van der Waals surface area contributed by atoms with Gasteiger partial charge >= 0.3 is 5.97 Å². The van der Waals surface area contributed by atoms with Crippen LogP contribution in [-0.2, 0) is 52.3 Å². The molecule has 2 aliphatic heterocycles. The van der Waals surface area contributed by atoms with Crippen molar-refractivity contribution in [3.05, 3.63) is 106 Å². The van der Waals surface area contributed by atoms with Crippen molar-refractivity contribution in [2.45, 2.75) is 107 Å². The number of nitrogens with zero attached hydrogens (tertiary/aromatic N) is 6. The number of methoxy groups -OCH3 is 1. The topological polar surface area (TPSA) is 217 Å². The fraction of sp³-hybridized carbons (Fsp3) is 0.479. The zero-order chi connectivity index (χ0) is 49.2. The fourth-order valence-corrected chi connectivity index (χ4v) is 13.7. The molecule has 0 bridgehead atoms. The van der Waals surface area contributed by atoms with Crippen molar-refractivity contribution in [2.75, 3.05) is 33.3 Å². The number of likely N-dealkylation sites (tertiary alicyclic amines) is 2. The molecule has 16 nitrogen and oxygen atoms in total. The van der Waals surface area contributed by atoms with Gasteiger partial charge in [-0.05, 0) is 112 Å². The largest absolute Gasteiger partial charge is 0.469 e. The van der Waals surface area contributed by atoms with Crippen LogP contribution in [0.15, 0.2) is 82.8 Å². The van der Waals surface area contributed by atoms with Crippen molar-refractivity contribution in [2.24, 2.45) is 17.8 Å². The molecule has 4 atom stereocenters. The molecular formula is C48H58Cl2N8O8S2. The number of carbonyl (C=O) groups excluding carboxylic acids is 3. The van der Waals surface area contributed by atoms with Crippen LogP contribution in [0.4, 0.5) is 0 Å². The highest BCUT2D eigenvalue weighted by atomic mass is 35.5. The van der Waals surface area contributed by atoms with Crippen molar-refractivity contribution in [3.63, 3.8) is 0 Å². The summed E-state index contributed by atoms with van der Waals surface area (Å²) in [7, 11) is -6.82. The molecule has 1 aliphatic carbocycles. The lowest BCUT2D eigenvalue weighted by Gasteiger charge is -2.42. The van der Waals surface area contributed by atoms with Gasteiger partial charge in [-0.1, -0.05) is 66.7 Å². The second-order valence-corrected chi connectivity index (χ2v) is 21.7. The van der Waals surface area contributed by atoms with Crippen LogP contribution >= 0.6 is 23.2 Å². The first-order valence-electron chi connectivity index (χ1n) is 22.8. The van der Waals surface area contributed by atoms with Crippen molar-refractivity contribution in [1.29, 1.82) is 10.5 Å². The third-order valence-corrected chi connectivity index (χ3v) is 17.4. The summed E-state index contributed by atoms with van der Waals surface area (Å²) in [5.74, 6) is -0.0330. The molecule has 2 amide bonds. The van der Waals surface area contributed by atoms with Gasteiger partial charge in [-0.15, -0.1) is 0 Å². The van der Waals surface area contributed by atoms with Crippen LogP contribution < -0.4 is 9.44 Å². The number of amides is 2. The van der Waals surface area contributed by atoms with Crippen LogP contribution in [0.5, 0.6) is 0 Å². The Labute approximate surface area is 409 Å². The molecule has 3 aliphatic rings. The summed E-state index contributed by atoms with van der Waals surface area (Å²) in [5, 5.41) is 18.8. The monoisotopic (exact) mass is 1010 g/mol. The number of nitrogens with one attached hydrogen (secondary N) is 2. The lowest BCUT2D eigenvalue weighted by atomic mass is 9.75. The number of nitriles is 2. The predicted octanol–water partition coefficient (Wildman–Crippen LogP) is 6.57. The maximum Gasteiger partial charge on any atom is 0.308 e. The minimum absolute atomic E-state index is 0.000802. The minimum Gasteiger partial charge on any atom is -0.469 e. The van der Waals surface area contributed by atoms with Gasteiger partial charge in [0.25, 0.3) is 0 Å². The summed E-state index contributed by atoms with van der Waals surface area (Å²) in [6.45, 7) is 5.88. The Hall–Kier alpha value is -5.21. The zero-order valence-corrected chi connectivity index (χ0v) is 41.6. The second kappa shape index (κ2) is 23.4. The van der Waals surface area contributed by atoms with Gasteiger partial charge in [-0.25, -0.2) is 16.8 Å². The molecule has 4 aromatic rings. The number of fused-ring (bicyclic) bond motifs is 1. The molecule has 7 rings (SSSR count). The van der Waals surface area contributed by atoms with Crippen LogP contribution in [0.1, 0.15) is 80.3 Å². The highest BCUT2D eigenvalue weighted by Crippen LogP contribution is 2.36. The summed E-state index contributed by atoms with van der Waals surface area (Å²) < 4.78 is 66.6. The van der Waals surface area contributed by atoms with E-state index in [9.17, 15) is 41.7 Å². The van der Waals surface area contributed by atoms with Gasteiger partial charge in [-0.2, -0.15) is 20.0 Å². The number of aromatic nitrogens is 2. The van der Waals surface area contributed by atoms with Crippen molar-refractivity contribution < 1.29 is 36.0 Å². The maximum absolute atomic E-state index is 13.7. The summed E-state index contributed by atoms with van der Waals surface area (Å²) in [6, 6.07) is 18.7. The van der Waals surface area contributed by atoms with Crippen LogP contribution in [0.3, 0.4) is 0 Å². The van der Waals surface area contributed by atoms with Gasteiger partial charge in [0.1, 0.15) is 45.4 Å². The SMILES string of the molecule is COC(=O)C1CCN(C(=O)C(CCn2cccc2C#N)NS(=O)(=O)c2c(C)cccc2Cl)CC1.Cc1cccc(Cl)c1S(=O)(=O)NC(CCn1cccc1C#N)C(=O)N1CC[C@H]2CCCC[C@H]2C1. The molecule has 2 aromatic carbocycles. The van der Waals surface area contributed by atoms with Gasteiger partial charge in [0, 0.05) is 51.7 Å². The van der Waals surface area contributed by atoms with Crippen molar-refractivity contribution in [3.8, 4) is 12.1 Å². The van der Waals surface area contributed by atoms with Crippen molar-refractivity contribution in [1.82, 2.24) is 28.4 Å². The number of halogens is 2. The molecular weight excluding hydrogens is 952 g/mol. The quantitative estimate of drug-likeness (QED) is 0.122. The zero-order valence-electron chi connectivity index (χ0n) is 38.4. The van der Waals surface area contributed by atoms with Gasteiger partial charge in [-0.3, -0.25) is 14.4 Å². The number of benzene rings is 2. The third kappa shape index (κ3) is 12.7. The highest BCUT2D eigenvalue weighted by molar-refractivity contribution is 7.90. The lowest BCUT2D eigenvalue weighted by molar-refractivity contribution is -0.149. The Morgan fingerprint density at radius 2 is 1.13 bits per heavy atom. The Bertz CT molecular complexity index is 2720. The lowest BCUT2D eigenvalue weighted by Crippen LogP contribution is -2.53. The first kappa shape index (κ1) is 52.2. The maximum atomic E-state index is 13.7. The average molecular weight is 1010 g/mol. The Morgan fingerprint density at radius 1 is 0.676 bits per heavy atom. The smallest absolute Gasteiger partial charge is 0.308 e. The summed E-state index contributed by atoms with van der Waals surface area (Å²) in [5.41, 5.74) is 1.86. The van der Waals surface area contributed by atoms with E-state index < -0.39 is 32.1 Å². The van der Waals surface area contributed by atoms with Gasteiger partial charge < -0.3 is 23.7 Å². The summed E-state index contributed by atoms with van der Waals surface area (Å²) >= 11 is 12.4. The number of sulfonamides is 2.